The van der Waals surface area contributed by atoms with Crippen LogP contribution in [0, 0.1) is 20.8 Å². The van der Waals surface area contributed by atoms with Crippen molar-refractivity contribution in [3.8, 4) is 0 Å². The van der Waals surface area contributed by atoms with Crippen molar-refractivity contribution in [3.63, 3.8) is 0 Å². The van der Waals surface area contributed by atoms with Crippen LogP contribution in [-0.2, 0) is 11.3 Å². The van der Waals surface area contributed by atoms with Gasteiger partial charge in [-0.25, -0.2) is 9.97 Å². The van der Waals surface area contributed by atoms with Crippen molar-refractivity contribution in [2.45, 2.75) is 46.1 Å². The van der Waals surface area contributed by atoms with E-state index in [9.17, 15) is 4.79 Å². The Hall–Kier alpha value is -1.73. The number of nitrogens with one attached hydrogen (secondary N) is 1. The van der Waals surface area contributed by atoms with Gasteiger partial charge in [-0.2, -0.15) is 0 Å². The summed E-state index contributed by atoms with van der Waals surface area (Å²) in [5.41, 5.74) is 1.94. The molecule has 130 valence electrons. The highest BCUT2D eigenvalue weighted by Gasteiger charge is 2.21. The predicted octanol–water partition coefficient (Wildman–Crippen LogP) is 2.59. The van der Waals surface area contributed by atoms with Gasteiger partial charge >= 0.3 is 0 Å². The van der Waals surface area contributed by atoms with Crippen molar-refractivity contribution in [2.75, 3.05) is 19.8 Å². The van der Waals surface area contributed by atoms with Crippen LogP contribution in [0.2, 0.25) is 0 Å². The topological polar surface area (TPSA) is 69.0 Å². The van der Waals surface area contributed by atoms with Gasteiger partial charge in [-0.3, -0.25) is 4.79 Å². The molecule has 0 aromatic carbocycles. The van der Waals surface area contributed by atoms with Crippen LogP contribution in [0.5, 0.6) is 0 Å². The Morgan fingerprint density at radius 3 is 2.79 bits per heavy atom. The first-order valence-electron chi connectivity index (χ1n) is 8.38. The quantitative estimate of drug-likeness (QED) is 0.902. The summed E-state index contributed by atoms with van der Waals surface area (Å²) in [6, 6.07) is 0. The van der Waals surface area contributed by atoms with Crippen LogP contribution < -0.4 is 5.32 Å². The number of aryl methyl sites for hydroxylation is 3. The number of hydrogen-bond acceptors (Lipinski definition) is 5. The molecule has 1 N–H and O–H groups in total. The minimum Gasteiger partial charge on any atom is -0.381 e. The zero-order valence-corrected chi connectivity index (χ0v) is 15.3. The summed E-state index contributed by atoms with van der Waals surface area (Å²) in [6.45, 7) is 8.79. The van der Waals surface area contributed by atoms with Gasteiger partial charge in [0.2, 0.25) is 0 Å². The minimum atomic E-state index is -0.0384. The summed E-state index contributed by atoms with van der Waals surface area (Å²) < 4.78 is 7.67. The predicted molar refractivity (Wildman–Crippen MR) is 93.7 cm³/mol. The van der Waals surface area contributed by atoms with Gasteiger partial charge in [-0.05, 0) is 33.6 Å². The highest BCUT2D eigenvalue weighted by Crippen LogP contribution is 2.26. The van der Waals surface area contributed by atoms with Gasteiger partial charge < -0.3 is 14.6 Å². The number of rotatable bonds is 5. The third-order valence-electron chi connectivity index (χ3n) is 4.40. The van der Waals surface area contributed by atoms with E-state index in [0.29, 0.717) is 17.3 Å². The van der Waals surface area contributed by atoms with Crippen molar-refractivity contribution in [1.29, 1.82) is 0 Å². The van der Waals surface area contributed by atoms with Gasteiger partial charge in [0.1, 0.15) is 10.7 Å². The van der Waals surface area contributed by atoms with Gasteiger partial charge in [-0.1, -0.05) is 0 Å². The van der Waals surface area contributed by atoms with Crippen LogP contribution in [0.1, 0.15) is 50.7 Å². The maximum Gasteiger partial charge on any atom is 0.263 e. The summed E-state index contributed by atoms with van der Waals surface area (Å²) in [5.74, 6) is 1.54. The van der Waals surface area contributed by atoms with Crippen molar-refractivity contribution in [3.05, 3.63) is 33.3 Å². The maximum atomic E-state index is 12.3. The van der Waals surface area contributed by atoms with E-state index < -0.39 is 0 Å². The molecule has 1 amide bonds. The molecule has 1 aliphatic heterocycles. The summed E-state index contributed by atoms with van der Waals surface area (Å²) in [4.78, 5) is 21.9. The molecule has 0 atom stereocenters. The van der Waals surface area contributed by atoms with Gasteiger partial charge in [0.25, 0.3) is 5.91 Å². The number of amides is 1. The monoisotopic (exact) mass is 348 g/mol. The lowest BCUT2D eigenvalue weighted by atomic mass is 9.99. The smallest absolute Gasteiger partial charge is 0.263 e. The van der Waals surface area contributed by atoms with Crippen LogP contribution in [0.15, 0.2) is 6.20 Å². The second-order valence-corrected chi connectivity index (χ2v) is 7.40. The number of carbonyl (C=O) groups is 1. The Kier molecular flexibility index (Phi) is 5.30. The molecule has 0 bridgehead atoms. The van der Waals surface area contributed by atoms with Crippen LogP contribution in [-0.4, -0.2) is 40.2 Å². The molecule has 1 fully saturated rings. The van der Waals surface area contributed by atoms with Crippen molar-refractivity contribution in [2.24, 2.45) is 0 Å². The van der Waals surface area contributed by atoms with E-state index in [1.165, 1.54) is 11.3 Å². The second-order valence-electron chi connectivity index (χ2n) is 6.20. The summed E-state index contributed by atoms with van der Waals surface area (Å²) in [5, 5.41) is 3.93. The highest BCUT2D eigenvalue weighted by molar-refractivity contribution is 7.13. The molecule has 24 heavy (non-hydrogen) atoms. The Bertz CT molecular complexity index is 716. The zero-order valence-electron chi connectivity index (χ0n) is 14.5. The van der Waals surface area contributed by atoms with E-state index in [0.717, 1.165) is 54.8 Å². The van der Waals surface area contributed by atoms with E-state index >= 15 is 0 Å². The Morgan fingerprint density at radius 1 is 1.38 bits per heavy atom. The van der Waals surface area contributed by atoms with Gasteiger partial charge in [0.05, 0.1) is 10.7 Å². The third kappa shape index (κ3) is 3.67. The molecule has 3 heterocycles. The molecule has 1 aliphatic rings. The average molecular weight is 348 g/mol. The van der Waals surface area contributed by atoms with Gasteiger partial charge in [-0.15, -0.1) is 11.3 Å². The molecular weight excluding hydrogens is 324 g/mol. The first-order valence-corrected chi connectivity index (χ1v) is 9.20. The first-order chi connectivity index (χ1) is 11.6. The standard InChI is InChI=1S/C17H24N4O2S/c1-11-10-19-16(14-4-8-23-9-5-14)21(11)7-6-18-17(22)15-12(2)20-13(3)24-15/h10,14H,4-9H2,1-3H3,(H,18,22). The largest absolute Gasteiger partial charge is 0.381 e. The molecule has 0 saturated carbocycles. The van der Waals surface area contributed by atoms with Crippen LogP contribution in [0.3, 0.4) is 0 Å². The normalized spacial score (nSPS) is 15.6. The number of carbonyl (C=O) groups excluding carboxylic acids is 1. The fourth-order valence-electron chi connectivity index (χ4n) is 3.16. The average Bonchev–Trinajstić information content (AvgIpc) is 3.10. The lowest BCUT2D eigenvalue weighted by Gasteiger charge is -2.23. The number of aromatic nitrogens is 3. The third-order valence-corrected chi connectivity index (χ3v) is 5.47. The number of imidazole rings is 1. The fraction of sp³-hybridized carbons (Fsp3) is 0.588. The lowest BCUT2D eigenvalue weighted by molar-refractivity contribution is 0.0827. The molecule has 7 heteroatoms. The summed E-state index contributed by atoms with van der Waals surface area (Å²) >= 11 is 1.44. The number of nitrogens with zero attached hydrogens (tertiary/aromatic N) is 3. The number of hydrogen-bond donors (Lipinski definition) is 1. The van der Waals surface area contributed by atoms with Gasteiger partial charge in [0.15, 0.2) is 0 Å². The second kappa shape index (κ2) is 7.44. The zero-order chi connectivity index (χ0) is 17.1. The van der Waals surface area contributed by atoms with Crippen molar-refractivity contribution >= 4 is 17.2 Å². The maximum absolute atomic E-state index is 12.3. The number of ether oxygens (including phenoxy) is 1. The van der Waals surface area contributed by atoms with Gasteiger partial charge in [0, 0.05) is 44.1 Å². The lowest BCUT2D eigenvalue weighted by Crippen LogP contribution is -2.28. The molecule has 3 rings (SSSR count). The molecule has 1 saturated heterocycles. The van der Waals surface area contributed by atoms with Crippen molar-refractivity contribution in [1.82, 2.24) is 19.9 Å². The van der Waals surface area contributed by atoms with Crippen LogP contribution in [0.4, 0.5) is 0 Å². The molecule has 6 nitrogen and oxygen atoms in total. The Balaban J connectivity index is 1.61. The molecule has 0 radical (unpaired) electrons. The van der Waals surface area contributed by atoms with Crippen molar-refractivity contribution < 1.29 is 9.53 Å². The summed E-state index contributed by atoms with van der Waals surface area (Å²) in [7, 11) is 0. The number of thiazole rings is 1. The molecule has 2 aromatic heterocycles. The Morgan fingerprint density at radius 2 is 2.12 bits per heavy atom. The first kappa shape index (κ1) is 17.1. The molecule has 2 aromatic rings. The van der Waals surface area contributed by atoms with E-state index in [1.807, 2.05) is 20.0 Å². The highest BCUT2D eigenvalue weighted by atomic mass is 32.1. The van der Waals surface area contributed by atoms with Crippen LogP contribution >= 0.6 is 11.3 Å². The van der Waals surface area contributed by atoms with E-state index in [2.05, 4.69) is 26.8 Å². The molecular formula is C17H24N4O2S. The van der Waals surface area contributed by atoms with E-state index in [1.54, 1.807) is 0 Å². The molecule has 0 spiro atoms. The summed E-state index contributed by atoms with van der Waals surface area (Å²) in [6.07, 6.45) is 3.95. The van der Waals surface area contributed by atoms with E-state index in [4.69, 9.17) is 4.74 Å². The molecule has 0 aliphatic carbocycles. The van der Waals surface area contributed by atoms with Crippen LogP contribution in [0.25, 0.3) is 0 Å². The minimum absolute atomic E-state index is 0.0384. The molecule has 0 unspecified atom stereocenters. The Labute approximate surface area is 146 Å². The fourth-order valence-corrected chi connectivity index (χ4v) is 3.99. The SMILES string of the molecule is Cc1nc(C)c(C(=O)NCCn2c(C)cnc2C2CCOCC2)s1. The van der Waals surface area contributed by atoms with E-state index in [-0.39, 0.29) is 5.91 Å².